The molecule has 0 aliphatic carbocycles. The summed E-state index contributed by atoms with van der Waals surface area (Å²) in [7, 11) is 0. The first kappa shape index (κ1) is 21.6. The molecule has 2 heterocycles. The highest BCUT2D eigenvalue weighted by Crippen LogP contribution is 2.19. The third-order valence-electron chi connectivity index (χ3n) is 4.67. The average molecular weight is 378 g/mol. The predicted octanol–water partition coefficient (Wildman–Crippen LogP) is 2.05. The molecule has 2 aliphatic heterocycles. The van der Waals surface area contributed by atoms with E-state index in [1.807, 2.05) is 16.7 Å². The summed E-state index contributed by atoms with van der Waals surface area (Å²) in [5.41, 5.74) is 0. The Morgan fingerprint density at radius 2 is 2.21 bits per heavy atom. The van der Waals surface area contributed by atoms with Crippen LogP contribution in [-0.4, -0.2) is 59.9 Å². The van der Waals surface area contributed by atoms with Crippen LogP contribution in [0.3, 0.4) is 0 Å². The zero-order valence-corrected chi connectivity index (χ0v) is 16.5. The molecule has 5 nitrogen and oxygen atoms in total. The van der Waals surface area contributed by atoms with Crippen molar-refractivity contribution in [2.75, 3.05) is 31.1 Å². The zero-order valence-electron chi connectivity index (χ0n) is 14.9. The van der Waals surface area contributed by atoms with E-state index in [-0.39, 0.29) is 36.2 Å². The molecule has 2 amide bonds. The second-order valence-electron chi connectivity index (χ2n) is 6.81. The summed E-state index contributed by atoms with van der Waals surface area (Å²) in [4.78, 5) is 26.8. The van der Waals surface area contributed by atoms with E-state index >= 15 is 0 Å². The summed E-state index contributed by atoms with van der Waals surface area (Å²) in [6.07, 6.45) is 4.47. The standard InChI is InChI=1S/C17H31N3O2S.ClH/c1-3-5-13(2)19-17(22)14-6-4-8-20(11-14)16(21)10-15-12-23-9-7-18-15;/h13-15,18H,3-12H2,1-2H3,(H,19,22);1H. The number of likely N-dealkylation sites (tertiary alicyclic amines) is 1. The van der Waals surface area contributed by atoms with Gasteiger partial charge in [-0.2, -0.15) is 11.8 Å². The molecular formula is C17H32ClN3O2S. The number of amides is 2. The molecule has 2 fully saturated rings. The highest BCUT2D eigenvalue weighted by molar-refractivity contribution is 7.99. The van der Waals surface area contributed by atoms with Gasteiger partial charge in [-0.15, -0.1) is 12.4 Å². The maximum atomic E-state index is 12.5. The molecule has 2 aliphatic rings. The molecule has 0 aromatic rings. The van der Waals surface area contributed by atoms with E-state index in [0.29, 0.717) is 19.0 Å². The topological polar surface area (TPSA) is 61.4 Å². The fourth-order valence-corrected chi connectivity index (χ4v) is 4.32. The van der Waals surface area contributed by atoms with Crippen LogP contribution in [0, 0.1) is 5.92 Å². The Morgan fingerprint density at radius 3 is 2.88 bits per heavy atom. The lowest BCUT2D eigenvalue weighted by Crippen LogP contribution is -2.49. The van der Waals surface area contributed by atoms with Gasteiger partial charge in [0.1, 0.15) is 0 Å². The molecule has 3 unspecified atom stereocenters. The molecule has 0 spiro atoms. The molecule has 2 rings (SSSR count). The number of carbonyl (C=O) groups excluding carboxylic acids is 2. The molecule has 3 atom stereocenters. The van der Waals surface area contributed by atoms with Crippen LogP contribution in [0.15, 0.2) is 0 Å². The SMILES string of the molecule is CCCC(C)NC(=O)C1CCCN(C(=O)CC2CSCCN2)C1.Cl. The number of nitrogens with one attached hydrogen (secondary N) is 2. The normalized spacial score (nSPS) is 25.5. The van der Waals surface area contributed by atoms with Crippen molar-refractivity contribution in [3.05, 3.63) is 0 Å². The Bertz CT molecular complexity index is 405. The quantitative estimate of drug-likeness (QED) is 0.743. The van der Waals surface area contributed by atoms with E-state index in [4.69, 9.17) is 0 Å². The molecule has 7 heteroatoms. The van der Waals surface area contributed by atoms with Gasteiger partial charge >= 0.3 is 0 Å². The van der Waals surface area contributed by atoms with E-state index < -0.39 is 0 Å². The highest BCUT2D eigenvalue weighted by Gasteiger charge is 2.30. The van der Waals surface area contributed by atoms with Crippen molar-refractivity contribution >= 4 is 36.0 Å². The van der Waals surface area contributed by atoms with Crippen molar-refractivity contribution in [3.63, 3.8) is 0 Å². The van der Waals surface area contributed by atoms with Crippen LogP contribution < -0.4 is 10.6 Å². The van der Waals surface area contributed by atoms with Crippen LogP contribution in [0.25, 0.3) is 0 Å². The molecule has 0 aromatic carbocycles. The number of hydrogen-bond acceptors (Lipinski definition) is 4. The summed E-state index contributed by atoms with van der Waals surface area (Å²) in [5.74, 6) is 2.42. The van der Waals surface area contributed by atoms with Crippen LogP contribution in [-0.2, 0) is 9.59 Å². The fraction of sp³-hybridized carbons (Fsp3) is 0.882. The van der Waals surface area contributed by atoms with Gasteiger partial charge in [0.15, 0.2) is 0 Å². The maximum absolute atomic E-state index is 12.5. The Balaban J connectivity index is 0.00000288. The van der Waals surface area contributed by atoms with Gasteiger partial charge in [0.05, 0.1) is 5.92 Å². The molecule has 0 aromatic heterocycles. The smallest absolute Gasteiger partial charge is 0.225 e. The van der Waals surface area contributed by atoms with Gasteiger partial charge in [0, 0.05) is 49.6 Å². The van der Waals surface area contributed by atoms with Gasteiger partial charge < -0.3 is 15.5 Å². The van der Waals surface area contributed by atoms with Crippen molar-refractivity contribution < 1.29 is 9.59 Å². The summed E-state index contributed by atoms with van der Waals surface area (Å²) in [6, 6.07) is 0.516. The molecule has 0 saturated carbocycles. The number of thioether (sulfide) groups is 1. The minimum atomic E-state index is -0.0410. The van der Waals surface area contributed by atoms with E-state index in [0.717, 1.165) is 50.3 Å². The molecule has 2 saturated heterocycles. The van der Waals surface area contributed by atoms with E-state index in [1.165, 1.54) is 0 Å². The zero-order chi connectivity index (χ0) is 16.7. The van der Waals surface area contributed by atoms with E-state index in [9.17, 15) is 9.59 Å². The van der Waals surface area contributed by atoms with E-state index in [2.05, 4.69) is 24.5 Å². The number of piperidine rings is 1. The van der Waals surface area contributed by atoms with Crippen LogP contribution in [0.4, 0.5) is 0 Å². The molecule has 2 N–H and O–H groups in total. The average Bonchev–Trinajstić information content (AvgIpc) is 2.56. The minimum absolute atomic E-state index is 0. The van der Waals surface area contributed by atoms with Crippen molar-refractivity contribution in [1.82, 2.24) is 15.5 Å². The summed E-state index contributed by atoms with van der Waals surface area (Å²) >= 11 is 1.91. The second kappa shape index (κ2) is 11.2. The maximum Gasteiger partial charge on any atom is 0.225 e. The largest absolute Gasteiger partial charge is 0.353 e. The van der Waals surface area contributed by atoms with Gasteiger partial charge in [-0.1, -0.05) is 13.3 Å². The third kappa shape index (κ3) is 6.81. The number of rotatable bonds is 6. The van der Waals surface area contributed by atoms with Gasteiger partial charge in [0.2, 0.25) is 11.8 Å². The van der Waals surface area contributed by atoms with Gasteiger partial charge in [-0.05, 0) is 26.2 Å². The minimum Gasteiger partial charge on any atom is -0.353 e. The van der Waals surface area contributed by atoms with Crippen molar-refractivity contribution in [2.45, 2.75) is 58.0 Å². The Hall–Kier alpha value is -0.460. The number of carbonyl (C=O) groups is 2. The second-order valence-corrected chi connectivity index (χ2v) is 7.96. The van der Waals surface area contributed by atoms with Gasteiger partial charge in [0.25, 0.3) is 0 Å². The van der Waals surface area contributed by atoms with Crippen LogP contribution in [0.1, 0.15) is 46.0 Å². The molecule has 140 valence electrons. The highest BCUT2D eigenvalue weighted by atomic mass is 35.5. The van der Waals surface area contributed by atoms with Gasteiger partial charge in [-0.25, -0.2) is 0 Å². The lowest BCUT2D eigenvalue weighted by molar-refractivity contribution is -0.136. The molecule has 0 bridgehead atoms. The lowest BCUT2D eigenvalue weighted by Gasteiger charge is -2.34. The van der Waals surface area contributed by atoms with Crippen LogP contribution >= 0.6 is 24.2 Å². The Kier molecular flexibility index (Phi) is 10.1. The molecule has 0 radical (unpaired) electrons. The number of hydrogen-bond donors (Lipinski definition) is 2. The van der Waals surface area contributed by atoms with Gasteiger partial charge in [-0.3, -0.25) is 9.59 Å². The Morgan fingerprint density at radius 1 is 1.42 bits per heavy atom. The van der Waals surface area contributed by atoms with Crippen molar-refractivity contribution in [3.8, 4) is 0 Å². The first-order chi connectivity index (χ1) is 11.1. The predicted molar refractivity (Wildman–Crippen MR) is 103 cm³/mol. The molecule has 24 heavy (non-hydrogen) atoms. The van der Waals surface area contributed by atoms with Crippen molar-refractivity contribution in [1.29, 1.82) is 0 Å². The Labute approximate surface area is 156 Å². The third-order valence-corrected chi connectivity index (χ3v) is 5.81. The van der Waals surface area contributed by atoms with E-state index in [1.54, 1.807) is 0 Å². The van der Waals surface area contributed by atoms with Crippen LogP contribution in [0.5, 0.6) is 0 Å². The van der Waals surface area contributed by atoms with Crippen molar-refractivity contribution in [2.24, 2.45) is 5.92 Å². The van der Waals surface area contributed by atoms with Crippen LogP contribution in [0.2, 0.25) is 0 Å². The number of halogens is 1. The lowest BCUT2D eigenvalue weighted by atomic mass is 9.96. The monoisotopic (exact) mass is 377 g/mol. The summed E-state index contributed by atoms with van der Waals surface area (Å²) in [6.45, 7) is 6.56. The first-order valence-corrected chi connectivity index (χ1v) is 10.1. The fourth-order valence-electron chi connectivity index (χ4n) is 3.37. The molecular weight excluding hydrogens is 346 g/mol. The summed E-state index contributed by atoms with van der Waals surface area (Å²) < 4.78 is 0. The summed E-state index contributed by atoms with van der Waals surface area (Å²) in [5, 5.41) is 6.51. The number of nitrogens with zero attached hydrogens (tertiary/aromatic N) is 1. The first-order valence-electron chi connectivity index (χ1n) is 8.99.